The third kappa shape index (κ3) is 5.03. The molecule has 0 aromatic carbocycles. The normalized spacial score (nSPS) is 43.8. The molecule has 5 aliphatic rings. The number of ether oxygens (including phenoxy) is 6. The Morgan fingerprint density at radius 3 is 1.90 bits per heavy atom. The molecule has 12 nitrogen and oxygen atoms in total. The third-order valence-electron chi connectivity index (χ3n) is 12.3. The molecule has 5 rings (SSSR count). The van der Waals surface area contributed by atoms with E-state index in [1.54, 1.807) is 53.7 Å². The van der Waals surface area contributed by atoms with Crippen LogP contribution < -0.4 is 0 Å². The molecule has 2 bridgehead atoms. The minimum Gasteiger partial charge on any atom is -0.462 e. The number of rotatable bonds is 7. The first-order valence-corrected chi connectivity index (χ1v) is 16.8. The van der Waals surface area contributed by atoms with E-state index < -0.39 is 94.9 Å². The van der Waals surface area contributed by atoms with E-state index in [0.717, 1.165) is 0 Å². The Kier molecular flexibility index (Phi) is 8.98. The molecule has 5 fully saturated rings. The molecule has 1 N–H and O–H groups in total. The van der Waals surface area contributed by atoms with Crippen LogP contribution in [0.5, 0.6) is 0 Å². The lowest BCUT2D eigenvalue weighted by Crippen LogP contribution is -2.66. The number of aliphatic hydroxyl groups excluding tert-OH is 1. The van der Waals surface area contributed by atoms with E-state index in [0.29, 0.717) is 12.0 Å². The standard InChI is InChI=1S/C36H50O12/c1-12-16(3)29(40)46-23-14-22-24(33(22,9)10)27-34(11)31(45-21(8)39)35(47-30(41)17(4)13-2)15-18(5)26(43-19(6)37)25(35)28(44-20(7)38)36(23,27)32(42)48-34/h12-13,18,22-28,31-32,42H,14-15H2,1-11H3/b16-12+,17-13+/t18-,22-,23+,24-,25+,26-,27-,28+,31+,32?,34+,35+,36-/m0/s1. The van der Waals surface area contributed by atoms with Crippen LogP contribution in [0.4, 0.5) is 0 Å². The maximum Gasteiger partial charge on any atom is 0.334 e. The molecule has 13 atom stereocenters. The van der Waals surface area contributed by atoms with Crippen LogP contribution in [0.25, 0.3) is 0 Å². The molecule has 4 saturated carbocycles. The van der Waals surface area contributed by atoms with Crippen LogP contribution in [0.15, 0.2) is 23.3 Å². The molecule has 48 heavy (non-hydrogen) atoms. The van der Waals surface area contributed by atoms with Gasteiger partial charge in [0, 0.05) is 37.8 Å². The molecule has 4 aliphatic carbocycles. The van der Waals surface area contributed by atoms with Gasteiger partial charge in [-0.2, -0.15) is 0 Å². The maximum atomic E-state index is 13.9. The van der Waals surface area contributed by atoms with Crippen molar-refractivity contribution >= 4 is 29.8 Å². The highest BCUT2D eigenvalue weighted by atomic mass is 16.7. The summed E-state index contributed by atoms with van der Waals surface area (Å²) in [5, 5.41) is 12.4. The number of hydrogen-bond donors (Lipinski definition) is 1. The monoisotopic (exact) mass is 674 g/mol. The summed E-state index contributed by atoms with van der Waals surface area (Å²) in [5.74, 6) is -6.00. The van der Waals surface area contributed by atoms with Crippen molar-refractivity contribution in [2.24, 2.45) is 40.4 Å². The fourth-order valence-electron chi connectivity index (χ4n) is 10.2. The summed E-state index contributed by atoms with van der Waals surface area (Å²) in [6.07, 6.45) is -3.01. The lowest BCUT2D eigenvalue weighted by molar-refractivity contribution is -0.289. The first-order chi connectivity index (χ1) is 22.2. The van der Waals surface area contributed by atoms with Crippen molar-refractivity contribution in [3.63, 3.8) is 0 Å². The molecule has 12 heteroatoms. The quantitative estimate of drug-likeness (QED) is 0.236. The van der Waals surface area contributed by atoms with Gasteiger partial charge in [0.05, 0.1) is 5.92 Å². The first kappa shape index (κ1) is 36.0. The Bertz CT molecular complexity index is 1460. The zero-order valence-corrected chi connectivity index (χ0v) is 29.8. The van der Waals surface area contributed by atoms with Gasteiger partial charge in [0.25, 0.3) is 0 Å². The summed E-state index contributed by atoms with van der Waals surface area (Å²) in [6.45, 7) is 18.0. The highest BCUT2D eigenvalue weighted by Gasteiger charge is 2.89. The molecule has 0 aromatic heterocycles. The van der Waals surface area contributed by atoms with Gasteiger partial charge in [0.15, 0.2) is 18.0 Å². The predicted molar refractivity (Wildman–Crippen MR) is 168 cm³/mol. The minimum absolute atomic E-state index is 0.00609. The van der Waals surface area contributed by atoms with Gasteiger partial charge in [-0.05, 0) is 70.6 Å². The largest absolute Gasteiger partial charge is 0.462 e. The number of allylic oxidation sites excluding steroid dienone is 2. The van der Waals surface area contributed by atoms with Crippen molar-refractivity contribution in [1.29, 1.82) is 0 Å². The Morgan fingerprint density at radius 2 is 1.35 bits per heavy atom. The molecule has 0 spiro atoms. The minimum atomic E-state index is -1.78. The second-order valence-electron chi connectivity index (χ2n) is 15.3. The second-order valence-corrected chi connectivity index (χ2v) is 15.3. The van der Waals surface area contributed by atoms with E-state index in [2.05, 4.69) is 13.8 Å². The van der Waals surface area contributed by atoms with Gasteiger partial charge < -0.3 is 33.5 Å². The first-order valence-electron chi connectivity index (χ1n) is 16.8. The topological polar surface area (TPSA) is 161 Å². The zero-order valence-electron chi connectivity index (χ0n) is 29.8. The van der Waals surface area contributed by atoms with Crippen molar-refractivity contribution in [2.75, 3.05) is 0 Å². The Balaban J connectivity index is 1.90. The maximum absolute atomic E-state index is 13.9. The molecule has 0 aromatic rings. The predicted octanol–water partition coefficient (Wildman–Crippen LogP) is 3.96. The molecule has 1 aliphatic heterocycles. The Hall–Kier alpha value is -3.25. The highest BCUT2D eigenvalue weighted by molar-refractivity contribution is 5.88. The van der Waals surface area contributed by atoms with Gasteiger partial charge in [-0.1, -0.05) is 32.9 Å². The Morgan fingerprint density at radius 1 is 0.792 bits per heavy atom. The van der Waals surface area contributed by atoms with Crippen molar-refractivity contribution < 1.29 is 57.5 Å². The summed E-state index contributed by atoms with van der Waals surface area (Å²) in [4.78, 5) is 66.4. The molecule has 1 unspecified atom stereocenters. The van der Waals surface area contributed by atoms with Crippen molar-refractivity contribution in [3.05, 3.63) is 23.3 Å². The van der Waals surface area contributed by atoms with Gasteiger partial charge in [-0.3, -0.25) is 14.4 Å². The van der Waals surface area contributed by atoms with E-state index in [4.69, 9.17) is 28.4 Å². The van der Waals surface area contributed by atoms with E-state index in [9.17, 15) is 29.1 Å². The van der Waals surface area contributed by atoms with Crippen LogP contribution in [-0.2, 0) is 52.4 Å². The van der Waals surface area contributed by atoms with Crippen molar-refractivity contribution in [1.82, 2.24) is 0 Å². The molecule has 0 radical (unpaired) electrons. The fourth-order valence-corrected chi connectivity index (χ4v) is 10.2. The molecular weight excluding hydrogens is 624 g/mol. The number of esters is 5. The third-order valence-corrected chi connectivity index (χ3v) is 12.3. The second kappa shape index (κ2) is 12.0. The van der Waals surface area contributed by atoms with Gasteiger partial charge in [-0.15, -0.1) is 0 Å². The zero-order chi connectivity index (χ0) is 35.9. The van der Waals surface area contributed by atoms with E-state index >= 15 is 0 Å². The summed E-state index contributed by atoms with van der Waals surface area (Å²) in [5.41, 5.74) is -4.75. The van der Waals surface area contributed by atoms with Crippen LogP contribution >= 0.6 is 0 Å². The van der Waals surface area contributed by atoms with Crippen LogP contribution in [0.3, 0.4) is 0 Å². The van der Waals surface area contributed by atoms with Crippen LogP contribution in [0, 0.1) is 40.4 Å². The van der Waals surface area contributed by atoms with Gasteiger partial charge in [-0.25, -0.2) is 9.59 Å². The van der Waals surface area contributed by atoms with Gasteiger partial charge in [0.2, 0.25) is 0 Å². The lowest BCUT2D eigenvalue weighted by atomic mass is 9.56. The van der Waals surface area contributed by atoms with Gasteiger partial charge in [0.1, 0.15) is 29.3 Å². The molecule has 0 amide bonds. The van der Waals surface area contributed by atoms with Crippen molar-refractivity contribution in [3.8, 4) is 0 Å². The van der Waals surface area contributed by atoms with Crippen LogP contribution in [0.2, 0.25) is 0 Å². The summed E-state index contributed by atoms with van der Waals surface area (Å²) in [7, 11) is 0. The molecular formula is C36H50O12. The number of carbonyl (C=O) groups is 5. The van der Waals surface area contributed by atoms with E-state index in [1.165, 1.54) is 20.8 Å². The van der Waals surface area contributed by atoms with Gasteiger partial charge >= 0.3 is 29.8 Å². The van der Waals surface area contributed by atoms with Crippen LogP contribution in [0.1, 0.15) is 89.0 Å². The lowest BCUT2D eigenvalue weighted by Gasteiger charge is -2.52. The summed E-state index contributed by atoms with van der Waals surface area (Å²) >= 11 is 0. The average molecular weight is 675 g/mol. The molecule has 1 heterocycles. The summed E-state index contributed by atoms with van der Waals surface area (Å²) in [6, 6.07) is 0. The SMILES string of the molecule is C/C=C(\C)C(=O)O[C@@H]1C[C@H]2[C@@H]([C@H]3[C@@]4(C)OC(O)[C@@]13[C@H](OC(C)=O)[C@H]1[C@@H](OC(C)=O)[C@@H](C)C[C@]1(OC(=O)/C(C)=C/C)[C@@H]4OC(C)=O)C2(C)C. The number of fused-ring (bicyclic) bond motifs is 2. The fraction of sp³-hybridized carbons (Fsp3) is 0.750. The summed E-state index contributed by atoms with van der Waals surface area (Å²) < 4.78 is 38.0. The highest BCUT2D eigenvalue weighted by Crippen LogP contribution is 2.80. The average Bonchev–Trinajstić information content (AvgIpc) is 3.29. The van der Waals surface area contributed by atoms with Crippen molar-refractivity contribution in [2.45, 2.75) is 131 Å². The Labute approximate surface area is 281 Å². The molecule has 1 saturated heterocycles. The van der Waals surface area contributed by atoms with E-state index in [1.807, 2.05) is 0 Å². The number of carbonyl (C=O) groups excluding carboxylic acids is 5. The van der Waals surface area contributed by atoms with E-state index in [-0.39, 0.29) is 29.2 Å². The number of aliphatic hydroxyl groups is 1. The van der Waals surface area contributed by atoms with Crippen LogP contribution in [-0.4, -0.2) is 76.9 Å². The number of hydrogen-bond acceptors (Lipinski definition) is 12. The smallest absolute Gasteiger partial charge is 0.334 e. The molecule has 266 valence electrons.